The Bertz CT molecular complexity index is 1720. The van der Waals surface area contributed by atoms with Crippen LogP contribution in [-0.2, 0) is 27.9 Å². The van der Waals surface area contributed by atoms with E-state index in [0.717, 1.165) is 89.9 Å². The van der Waals surface area contributed by atoms with Gasteiger partial charge in [0.2, 0.25) is 5.91 Å². The molecule has 1 N–H and O–H groups in total. The van der Waals surface area contributed by atoms with Gasteiger partial charge in [0.15, 0.2) is 0 Å². The number of amides is 1. The summed E-state index contributed by atoms with van der Waals surface area (Å²) in [7, 11) is 1.19. The van der Waals surface area contributed by atoms with Gasteiger partial charge in [-0.1, -0.05) is 312 Å². The largest absolute Gasteiger partial charge is 0.756 e. The molecule has 10 heteroatoms. The Morgan fingerprint density at radius 1 is 0.402 bits per heavy atom. The Morgan fingerprint density at radius 3 is 1.07 bits per heavy atom. The molecule has 3 unspecified atom stereocenters. The number of carbonyl (C=O) groups excluding carboxylic acids is 2. The van der Waals surface area contributed by atoms with E-state index in [1.54, 1.807) is 0 Å². The number of unbranched alkanes of at least 4 members (excludes halogenated alkanes) is 42. The van der Waals surface area contributed by atoms with Crippen LogP contribution < -0.4 is 10.2 Å². The van der Waals surface area contributed by atoms with Crippen molar-refractivity contribution in [2.75, 3.05) is 40.9 Å². The van der Waals surface area contributed by atoms with E-state index in [4.69, 9.17) is 13.8 Å². The third-order valence-corrected chi connectivity index (χ3v) is 17.6. The van der Waals surface area contributed by atoms with Crippen molar-refractivity contribution in [3.05, 3.63) is 72.9 Å². The Morgan fingerprint density at radius 2 is 0.701 bits per heavy atom. The summed E-state index contributed by atoms with van der Waals surface area (Å²) in [5.74, 6) is -0.533. The first kappa shape index (κ1) is 84.5. The highest BCUT2D eigenvalue weighted by molar-refractivity contribution is 7.45. The summed E-state index contributed by atoms with van der Waals surface area (Å²) < 4.78 is 30.5. The van der Waals surface area contributed by atoms with Crippen LogP contribution in [0.4, 0.5) is 0 Å². The second-order valence-electron chi connectivity index (χ2n) is 26.4. The van der Waals surface area contributed by atoms with Gasteiger partial charge in [0.1, 0.15) is 19.3 Å². The number of hydrogen-bond acceptors (Lipinski definition) is 7. The third-order valence-electron chi connectivity index (χ3n) is 16.6. The van der Waals surface area contributed by atoms with Crippen LogP contribution in [0.15, 0.2) is 72.9 Å². The summed E-state index contributed by atoms with van der Waals surface area (Å²) in [4.78, 5) is 40.3. The van der Waals surface area contributed by atoms with Gasteiger partial charge in [-0.3, -0.25) is 14.2 Å². The van der Waals surface area contributed by atoms with Gasteiger partial charge in [-0.15, -0.1) is 0 Å². The zero-order chi connectivity index (χ0) is 63.5. The Labute approximate surface area is 540 Å². The molecule has 1 amide bonds. The number of esters is 1. The molecular weight excluding hydrogens is 1100 g/mol. The molecule has 0 fully saturated rings. The molecule has 0 radical (unpaired) electrons. The van der Waals surface area contributed by atoms with Crippen LogP contribution in [0, 0.1) is 0 Å². The minimum Gasteiger partial charge on any atom is -0.756 e. The second kappa shape index (κ2) is 66.4. The smallest absolute Gasteiger partial charge is 0.306 e. The summed E-state index contributed by atoms with van der Waals surface area (Å²) in [6.45, 7) is 6.84. The maximum Gasteiger partial charge on any atom is 0.306 e. The van der Waals surface area contributed by atoms with Crippen molar-refractivity contribution in [2.45, 2.75) is 367 Å². The zero-order valence-corrected chi connectivity index (χ0v) is 59.1. The molecule has 0 heterocycles. The van der Waals surface area contributed by atoms with Gasteiger partial charge >= 0.3 is 5.97 Å². The molecule has 0 bridgehead atoms. The van der Waals surface area contributed by atoms with Crippen molar-refractivity contribution in [1.29, 1.82) is 0 Å². The molecular formula is C77H143N2O7P. The predicted molar refractivity (Wildman–Crippen MR) is 376 cm³/mol. The molecule has 0 saturated carbocycles. The lowest BCUT2D eigenvalue weighted by molar-refractivity contribution is -0.870. The number of phosphoric ester groups is 1. The lowest BCUT2D eigenvalue weighted by Crippen LogP contribution is -2.47. The molecule has 0 aromatic carbocycles. The lowest BCUT2D eigenvalue weighted by Gasteiger charge is -2.30. The fourth-order valence-electron chi connectivity index (χ4n) is 10.9. The maximum atomic E-state index is 13.6. The van der Waals surface area contributed by atoms with Crippen LogP contribution in [0.3, 0.4) is 0 Å². The summed E-state index contributed by atoms with van der Waals surface area (Å²) in [5, 5.41) is 3.05. The van der Waals surface area contributed by atoms with Gasteiger partial charge in [0.25, 0.3) is 7.82 Å². The van der Waals surface area contributed by atoms with Crippen LogP contribution in [0.25, 0.3) is 0 Å². The fourth-order valence-corrected chi connectivity index (χ4v) is 11.6. The number of nitrogens with zero attached hydrogens (tertiary/aromatic N) is 1. The van der Waals surface area contributed by atoms with Crippen molar-refractivity contribution in [2.24, 2.45) is 0 Å². The van der Waals surface area contributed by atoms with E-state index in [9.17, 15) is 19.0 Å². The SMILES string of the molecule is CCCCC/C=C\C/C=C\C/C=C\CCCCCCCCCCCCC(=O)NC(COP(=O)([O-])OCC[N+](C)(C)C)C(/C=C/CCCCCCCCCCCCC)OC(=O)CCCCCCCCCCCCCCCCC/C=C\C/C=C\CCCCC. The highest BCUT2D eigenvalue weighted by Crippen LogP contribution is 2.38. The van der Waals surface area contributed by atoms with Gasteiger partial charge in [-0.25, -0.2) is 0 Å². The number of hydrogen-bond donors (Lipinski definition) is 1. The molecule has 0 spiro atoms. The molecule has 9 nitrogen and oxygen atoms in total. The molecule has 87 heavy (non-hydrogen) atoms. The van der Waals surface area contributed by atoms with Crippen LogP contribution in [-0.4, -0.2) is 69.4 Å². The minimum atomic E-state index is -4.71. The number of likely N-dealkylation sites (N-methyl/N-ethyl adjacent to an activating group) is 1. The van der Waals surface area contributed by atoms with E-state index in [0.29, 0.717) is 17.4 Å². The highest BCUT2D eigenvalue weighted by Gasteiger charge is 2.27. The standard InChI is InChI=1S/C77H143N2O7P/c1-7-10-13-16-19-22-25-28-30-32-34-36-38-39-41-43-45-47-49-52-55-58-61-64-67-70-77(81)86-75(68-65-62-59-56-53-50-27-24-21-18-15-12-9-3)74(73-85-87(82,83)84-72-71-79(4,5)6)78-76(80)69-66-63-60-57-54-51-48-46-44-42-40-37-35-33-31-29-26-23-20-17-14-11-8-2/h19-20,22-23,28-31,35,37,65,68,74-75H,7-18,21,24-27,32-34,36,38-64,66-67,69-73H2,1-6H3,(H-,78,80,82,83)/b22-19-,23-20-,30-28-,31-29-,37-35-,68-65+. The van der Waals surface area contributed by atoms with E-state index < -0.39 is 20.0 Å². The van der Waals surface area contributed by atoms with Crippen molar-refractivity contribution >= 4 is 19.7 Å². The molecule has 0 aliphatic rings. The summed E-state index contributed by atoms with van der Waals surface area (Å²) in [6, 6.07) is -0.893. The molecule has 0 aromatic heterocycles. The van der Waals surface area contributed by atoms with Crippen molar-refractivity contribution in [3.63, 3.8) is 0 Å². The number of carbonyl (C=O) groups is 2. The van der Waals surface area contributed by atoms with Gasteiger partial charge in [0, 0.05) is 12.8 Å². The first-order valence-corrected chi connectivity index (χ1v) is 38.7. The molecule has 0 aromatic rings. The van der Waals surface area contributed by atoms with E-state index in [1.807, 2.05) is 33.3 Å². The minimum absolute atomic E-state index is 0.0237. The van der Waals surface area contributed by atoms with Crippen LogP contribution >= 0.6 is 7.82 Å². The van der Waals surface area contributed by atoms with E-state index in [-0.39, 0.29) is 31.5 Å². The van der Waals surface area contributed by atoms with Crippen molar-refractivity contribution in [3.8, 4) is 0 Å². The lowest BCUT2D eigenvalue weighted by atomic mass is 10.0. The van der Waals surface area contributed by atoms with Crippen molar-refractivity contribution < 1.29 is 37.3 Å². The quantitative estimate of drug-likeness (QED) is 0.0212. The molecule has 0 aliphatic heterocycles. The number of rotatable bonds is 68. The summed E-state index contributed by atoms with van der Waals surface area (Å²) in [5.41, 5.74) is 0. The van der Waals surface area contributed by atoms with E-state index in [1.165, 1.54) is 231 Å². The monoisotopic (exact) mass is 1240 g/mol. The van der Waals surface area contributed by atoms with Crippen LogP contribution in [0.2, 0.25) is 0 Å². The Hall–Kier alpha value is -2.55. The molecule has 3 atom stereocenters. The first-order chi connectivity index (χ1) is 42.4. The number of nitrogens with one attached hydrogen (secondary N) is 1. The van der Waals surface area contributed by atoms with Gasteiger partial charge in [0.05, 0.1) is 33.8 Å². The maximum absolute atomic E-state index is 13.6. The summed E-state index contributed by atoms with van der Waals surface area (Å²) in [6.07, 6.45) is 87.4. The molecule has 0 aliphatic carbocycles. The average Bonchev–Trinajstić information content (AvgIpc) is 3.69. The first-order valence-electron chi connectivity index (χ1n) is 37.2. The molecule has 508 valence electrons. The van der Waals surface area contributed by atoms with Crippen molar-refractivity contribution in [1.82, 2.24) is 5.32 Å². The third kappa shape index (κ3) is 67.7. The fraction of sp³-hybridized carbons (Fsp3) is 0.818. The van der Waals surface area contributed by atoms with Crippen LogP contribution in [0.5, 0.6) is 0 Å². The second-order valence-corrected chi connectivity index (χ2v) is 27.9. The Balaban J connectivity index is 5.05. The summed E-state index contributed by atoms with van der Waals surface area (Å²) >= 11 is 0. The van der Waals surface area contributed by atoms with Gasteiger partial charge in [-0.2, -0.15) is 0 Å². The normalized spacial score (nSPS) is 13.9. The highest BCUT2D eigenvalue weighted by atomic mass is 31.2. The number of ether oxygens (including phenoxy) is 1. The van der Waals surface area contributed by atoms with Gasteiger partial charge < -0.3 is 28.5 Å². The Kier molecular flexibility index (Phi) is 64.4. The number of quaternary nitrogens is 1. The van der Waals surface area contributed by atoms with E-state index >= 15 is 0 Å². The predicted octanol–water partition coefficient (Wildman–Crippen LogP) is 23.3. The average molecular weight is 1240 g/mol. The number of phosphoric acid groups is 1. The molecule has 0 rings (SSSR count). The topological polar surface area (TPSA) is 114 Å². The molecule has 0 saturated heterocycles. The van der Waals surface area contributed by atoms with Gasteiger partial charge in [-0.05, 0) is 102 Å². The zero-order valence-electron chi connectivity index (χ0n) is 58.2. The number of allylic oxidation sites excluding steroid dienone is 11. The van der Waals surface area contributed by atoms with Crippen LogP contribution in [0.1, 0.15) is 355 Å². The van der Waals surface area contributed by atoms with E-state index in [2.05, 4.69) is 86.8 Å².